The van der Waals surface area contributed by atoms with Gasteiger partial charge in [-0.15, -0.1) is 10.2 Å². The van der Waals surface area contributed by atoms with E-state index in [1.807, 2.05) is 22.6 Å². The third-order valence-electron chi connectivity index (χ3n) is 5.27. The molecule has 3 aromatic heterocycles. The first-order valence-corrected chi connectivity index (χ1v) is 10.5. The molecule has 162 valence electrons. The van der Waals surface area contributed by atoms with Gasteiger partial charge in [0.1, 0.15) is 12.1 Å². The molecule has 1 aromatic carbocycles. The molecule has 2 N–H and O–H groups in total. The molecule has 0 saturated carbocycles. The molecule has 9 nitrogen and oxygen atoms in total. The summed E-state index contributed by atoms with van der Waals surface area (Å²) in [4.78, 5) is 18.9. The van der Waals surface area contributed by atoms with Crippen molar-refractivity contribution in [1.82, 2.24) is 24.5 Å². The SMILES string of the molecule is O=C(Nc1ccc(Cl)cc1)N1CC=C(c2cnc(NCc3ccco3)n3cnnc23)CC1. The standard InChI is InChI=1S/C22H20ClN7O2/c23-16-3-5-17(6-4-16)27-22(31)29-9-7-15(8-10-29)19-13-25-21(30-14-26-28-20(19)30)24-12-18-2-1-11-32-18/h1-7,11,13-14H,8-10,12H2,(H,24,25)(H,27,31). The number of amides is 2. The zero-order chi connectivity index (χ0) is 21.9. The molecule has 0 saturated heterocycles. The lowest BCUT2D eigenvalue weighted by atomic mass is 10.0. The van der Waals surface area contributed by atoms with Crippen LogP contribution in [-0.2, 0) is 6.54 Å². The molecule has 0 fully saturated rings. The Balaban J connectivity index is 1.29. The van der Waals surface area contributed by atoms with Crippen molar-refractivity contribution in [2.24, 2.45) is 0 Å². The Morgan fingerprint density at radius 3 is 2.84 bits per heavy atom. The van der Waals surface area contributed by atoms with Gasteiger partial charge in [0.05, 0.1) is 12.8 Å². The summed E-state index contributed by atoms with van der Waals surface area (Å²) in [5, 5.41) is 15.1. The number of furan rings is 1. The van der Waals surface area contributed by atoms with Crippen LogP contribution in [0.2, 0.25) is 5.02 Å². The summed E-state index contributed by atoms with van der Waals surface area (Å²) in [6.07, 6.45) is 7.79. The quantitative estimate of drug-likeness (QED) is 0.471. The van der Waals surface area contributed by atoms with E-state index in [0.717, 1.165) is 16.9 Å². The van der Waals surface area contributed by atoms with Gasteiger partial charge in [0.15, 0.2) is 5.65 Å². The van der Waals surface area contributed by atoms with Gasteiger partial charge < -0.3 is 20.0 Å². The molecule has 0 unspecified atom stereocenters. The molecule has 0 radical (unpaired) electrons. The van der Waals surface area contributed by atoms with Gasteiger partial charge in [-0.3, -0.25) is 4.40 Å². The van der Waals surface area contributed by atoms with Crippen LogP contribution in [0.1, 0.15) is 17.7 Å². The highest BCUT2D eigenvalue weighted by Gasteiger charge is 2.21. The van der Waals surface area contributed by atoms with Crippen LogP contribution in [-0.4, -0.2) is 43.6 Å². The van der Waals surface area contributed by atoms with Gasteiger partial charge in [-0.1, -0.05) is 17.7 Å². The van der Waals surface area contributed by atoms with Crippen LogP contribution in [0.15, 0.2) is 65.7 Å². The topological polar surface area (TPSA) is 101 Å². The molecule has 1 aliphatic rings. The first-order valence-electron chi connectivity index (χ1n) is 10.1. The minimum atomic E-state index is -0.147. The van der Waals surface area contributed by atoms with Crippen molar-refractivity contribution < 1.29 is 9.21 Å². The first-order chi connectivity index (χ1) is 15.7. The summed E-state index contributed by atoms with van der Waals surface area (Å²) < 4.78 is 7.17. The molecule has 4 aromatic rings. The molecule has 5 rings (SSSR count). The average molecular weight is 450 g/mol. The predicted octanol–water partition coefficient (Wildman–Crippen LogP) is 4.30. The highest BCUT2D eigenvalue weighted by Crippen LogP contribution is 2.26. The van der Waals surface area contributed by atoms with Crippen molar-refractivity contribution in [3.8, 4) is 0 Å². The summed E-state index contributed by atoms with van der Waals surface area (Å²) in [5.74, 6) is 1.44. The molecule has 1 aliphatic heterocycles. The van der Waals surface area contributed by atoms with E-state index in [4.69, 9.17) is 16.0 Å². The summed E-state index contributed by atoms with van der Waals surface area (Å²) in [5.41, 5.74) is 3.42. The smallest absolute Gasteiger partial charge is 0.322 e. The zero-order valence-electron chi connectivity index (χ0n) is 17.0. The second-order valence-electron chi connectivity index (χ2n) is 7.32. The Kier molecular flexibility index (Phi) is 5.47. The second-order valence-corrected chi connectivity index (χ2v) is 7.75. The van der Waals surface area contributed by atoms with E-state index < -0.39 is 0 Å². The number of carbonyl (C=O) groups excluding carboxylic acids is 1. The molecule has 0 aliphatic carbocycles. The largest absolute Gasteiger partial charge is 0.467 e. The van der Waals surface area contributed by atoms with Gasteiger partial charge in [-0.2, -0.15) is 0 Å². The number of aromatic nitrogens is 4. The average Bonchev–Trinajstić information content (AvgIpc) is 3.51. The number of urea groups is 1. The fraction of sp³-hybridized carbons (Fsp3) is 0.182. The summed E-state index contributed by atoms with van der Waals surface area (Å²) in [6, 6.07) is 10.6. The molecule has 32 heavy (non-hydrogen) atoms. The third-order valence-corrected chi connectivity index (χ3v) is 5.52. The highest BCUT2D eigenvalue weighted by molar-refractivity contribution is 6.30. The maximum atomic E-state index is 12.6. The number of nitrogens with one attached hydrogen (secondary N) is 2. The Hall–Kier alpha value is -3.85. The maximum absolute atomic E-state index is 12.6. The van der Waals surface area contributed by atoms with E-state index in [-0.39, 0.29) is 6.03 Å². The van der Waals surface area contributed by atoms with Gasteiger partial charge in [-0.25, -0.2) is 9.78 Å². The number of rotatable bonds is 5. The second kappa shape index (κ2) is 8.72. The van der Waals surface area contributed by atoms with Crippen molar-refractivity contribution >= 4 is 40.5 Å². The molecular formula is C22H20ClN7O2. The summed E-state index contributed by atoms with van der Waals surface area (Å²) in [7, 11) is 0. The van der Waals surface area contributed by atoms with E-state index in [2.05, 4.69) is 25.8 Å². The van der Waals surface area contributed by atoms with Gasteiger partial charge in [0, 0.05) is 35.6 Å². The van der Waals surface area contributed by atoms with Gasteiger partial charge >= 0.3 is 6.03 Å². The molecule has 0 bridgehead atoms. The van der Waals surface area contributed by atoms with Crippen molar-refractivity contribution in [3.05, 3.63) is 77.6 Å². The number of hydrogen-bond donors (Lipinski definition) is 2. The van der Waals surface area contributed by atoms with E-state index in [0.29, 0.717) is 48.4 Å². The minimum Gasteiger partial charge on any atom is -0.467 e. The van der Waals surface area contributed by atoms with Crippen LogP contribution in [0.3, 0.4) is 0 Å². The number of nitrogens with zero attached hydrogens (tertiary/aromatic N) is 5. The summed E-state index contributed by atoms with van der Waals surface area (Å²) in [6.45, 7) is 1.59. The lowest BCUT2D eigenvalue weighted by molar-refractivity contribution is 0.217. The molecule has 4 heterocycles. The van der Waals surface area contributed by atoms with Crippen LogP contribution in [0.4, 0.5) is 16.4 Å². The number of anilines is 2. The molecule has 0 spiro atoms. The van der Waals surface area contributed by atoms with Crippen molar-refractivity contribution in [2.45, 2.75) is 13.0 Å². The van der Waals surface area contributed by atoms with E-state index in [1.54, 1.807) is 48.0 Å². The van der Waals surface area contributed by atoms with Crippen LogP contribution in [0.5, 0.6) is 0 Å². The normalized spacial score (nSPS) is 13.8. The Morgan fingerprint density at radius 2 is 2.09 bits per heavy atom. The van der Waals surface area contributed by atoms with Gasteiger partial charge in [0.2, 0.25) is 5.95 Å². The Bertz CT molecular complexity index is 1270. The van der Waals surface area contributed by atoms with Crippen LogP contribution in [0.25, 0.3) is 11.2 Å². The van der Waals surface area contributed by atoms with Crippen molar-refractivity contribution in [2.75, 3.05) is 23.7 Å². The Morgan fingerprint density at radius 1 is 1.22 bits per heavy atom. The van der Waals surface area contributed by atoms with Crippen LogP contribution in [0, 0.1) is 0 Å². The predicted molar refractivity (Wildman–Crippen MR) is 121 cm³/mol. The number of hydrogen-bond acceptors (Lipinski definition) is 6. The van der Waals surface area contributed by atoms with Crippen molar-refractivity contribution in [3.63, 3.8) is 0 Å². The third kappa shape index (κ3) is 4.15. The summed E-state index contributed by atoms with van der Waals surface area (Å²) >= 11 is 5.90. The number of carbonyl (C=O) groups is 1. The zero-order valence-corrected chi connectivity index (χ0v) is 17.8. The van der Waals surface area contributed by atoms with Crippen LogP contribution < -0.4 is 10.6 Å². The fourth-order valence-electron chi connectivity index (χ4n) is 3.59. The number of benzene rings is 1. The number of halogens is 1. The molecular weight excluding hydrogens is 430 g/mol. The number of fused-ring (bicyclic) bond motifs is 1. The minimum absolute atomic E-state index is 0.147. The fourth-order valence-corrected chi connectivity index (χ4v) is 3.72. The molecule has 0 atom stereocenters. The molecule has 2 amide bonds. The van der Waals surface area contributed by atoms with E-state index >= 15 is 0 Å². The first kappa shape index (κ1) is 20.1. The maximum Gasteiger partial charge on any atom is 0.322 e. The monoisotopic (exact) mass is 449 g/mol. The van der Waals surface area contributed by atoms with Gasteiger partial charge in [-0.05, 0) is 48.4 Å². The molecule has 10 heteroatoms. The highest BCUT2D eigenvalue weighted by atomic mass is 35.5. The van der Waals surface area contributed by atoms with Gasteiger partial charge in [0.25, 0.3) is 0 Å². The lowest BCUT2D eigenvalue weighted by Gasteiger charge is -2.27. The van der Waals surface area contributed by atoms with Crippen LogP contribution >= 0.6 is 11.6 Å². The van der Waals surface area contributed by atoms with Crippen molar-refractivity contribution in [1.29, 1.82) is 0 Å². The lowest BCUT2D eigenvalue weighted by Crippen LogP contribution is -2.37. The van der Waals surface area contributed by atoms with E-state index in [1.165, 1.54) is 0 Å². The van der Waals surface area contributed by atoms with E-state index in [9.17, 15) is 4.79 Å². The Labute approximate surface area is 188 Å².